The maximum Gasteiger partial charge on any atom is 0.255 e. The number of rotatable bonds is 6. The van der Waals surface area contributed by atoms with E-state index in [1.54, 1.807) is 19.9 Å². The van der Waals surface area contributed by atoms with E-state index in [9.17, 15) is 13.2 Å². The van der Waals surface area contributed by atoms with Gasteiger partial charge in [-0.15, -0.1) is 0 Å². The summed E-state index contributed by atoms with van der Waals surface area (Å²) in [5.74, 6) is -0.216. The van der Waals surface area contributed by atoms with Crippen molar-refractivity contribution < 1.29 is 17.9 Å². The van der Waals surface area contributed by atoms with Gasteiger partial charge in [0.25, 0.3) is 5.91 Å². The summed E-state index contributed by atoms with van der Waals surface area (Å²) in [6.45, 7) is 3.44. The van der Waals surface area contributed by atoms with Gasteiger partial charge in [-0.3, -0.25) is 4.79 Å². The van der Waals surface area contributed by atoms with E-state index in [2.05, 4.69) is 32.6 Å². The number of hydrogen-bond donors (Lipinski definition) is 2. The van der Waals surface area contributed by atoms with Crippen LogP contribution in [0.4, 0.5) is 5.69 Å². The molecule has 0 spiro atoms. The number of ether oxygens (including phenoxy) is 1. The molecule has 0 bridgehead atoms. The van der Waals surface area contributed by atoms with Crippen molar-refractivity contribution in [1.29, 1.82) is 0 Å². The molecule has 6 nitrogen and oxygen atoms in total. The highest BCUT2D eigenvalue weighted by Crippen LogP contribution is 2.26. The molecule has 0 heterocycles. The highest BCUT2D eigenvalue weighted by molar-refractivity contribution is 14.1. The summed E-state index contributed by atoms with van der Waals surface area (Å²) in [6, 6.07) is 11.4. The van der Waals surface area contributed by atoms with Gasteiger partial charge in [-0.2, -0.15) is 0 Å². The smallest absolute Gasteiger partial charge is 0.255 e. The minimum Gasteiger partial charge on any atom is -0.495 e. The lowest BCUT2D eigenvalue weighted by molar-refractivity contribution is 0.102. The minimum atomic E-state index is -3.80. The standard InChI is InChI=1S/C17H19IN2O4S/c1-11(2)20-25(22,23)16-10-12(8-9-15(16)24-3)17(21)19-14-7-5-4-6-13(14)18/h4-11,20H,1-3H3,(H,19,21). The zero-order valence-corrected chi connectivity index (χ0v) is 17.0. The maximum atomic E-state index is 12.5. The number of nitrogens with one attached hydrogen (secondary N) is 2. The van der Waals surface area contributed by atoms with Gasteiger partial charge in [-0.1, -0.05) is 12.1 Å². The molecule has 0 aliphatic rings. The molecule has 8 heteroatoms. The third-order valence-electron chi connectivity index (χ3n) is 3.23. The van der Waals surface area contributed by atoms with Gasteiger partial charge in [-0.05, 0) is 66.8 Å². The van der Waals surface area contributed by atoms with Gasteiger partial charge in [0.1, 0.15) is 10.6 Å². The topological polar surface area (TPSA) is 84.5 Å². The van der Waals surface area contributed by atoms with Gasteiger partial charge in [0, 0.05) is 15.2 Å². The molecule has 25 heavy (non-hydrogen) atoms. The van der Waals surface area contributed by atoms with Crippen LogP contribution in [-0.2, 0) is 10.0 Å². The Morgan fingerprint density at radius 1 is 1.16 bits per heavy atom. The van der Waals surface area contributed by atoms with Gasteiger partial charge >= 0.3 is 0 Å². The SMILES string of the molecule is COc1ccc(C(=O)Nc2ccccc2I)cc1S(=O)(=O)NC(C)C. The molecule has 1 amide bonds. The highest BCUT2D eigenvalue weighted by Gasteiger charge is 2.22. The van der Waals surface area contributed by atoms with Gasteiger partial charge in [0.2, 0.25) is 10.0 Å². The Kier molecular flexibility index (Phi) is 6.42. The van der Waals surface area contributed by atoms with Gasteiger partial charge in [-0.25, -0.2) is 13.1 Å². The Balaban J connectivity index is 2.38. The number of methoxy groups -OCH3 is 1. The van der Waals surface area contributed by atoms with Crippen molar-refractivity contribution in [2.24, 2.45) is 0 Å². The van der Waals surface area contributed by atoms with Gasteiger partial charge in [0.05, 0.1) is 12.8 Å². The van der Waals surface area contributed by atoms with Crippen molar-refractivity contribution in [2.75, 3.05) is 12.4 Å². The number of benzene rings is 2. The molecule has 0 fully saturated rings. The average Bonchev–Trinajstić information content (AvgIpc) is 2.55. The number of carbonyl (C=O) groups excluding carboxylic acids is 1. The van der Waals surface area contributed by atoms with Crippen LogP contribution in [-0.4, -0.2) is 27.5 Å². The molecule has 2 aromatic rings. The van der Waals surface area contributed by atoms with E-state index in [4.69, 9.17) is 4.74 Å². The summed E-state index contributed by atoms with van der Waals surface area (Å²) in [6.07, 6.45) is 0. The Labute approximate surface area is 161 Å². The summed E-state index contributed by atoms with van der Waals surface area (Å²) in [5.41, 5.74) is 0.887. The normalized spacial score (nSPS) is 11.4. The number of carbonyl (C=O) groups is 1. The molecular formula is C17H19IN2O4S. The number of amides is 1. The molecule has 0 aromatic heterocycles. The van der Waals surface area contributed by atoms with E-state index in [1.807, 2.05) is 18.2 Å². The molecule has 0 aliphatic heterocycles. The molecule has 2 N–H and O–H groups in total. The second-order valence-electron chi connectivity index (χ2n) is 5.58. The van der Waals surface area contributed by atoms with Gasteiger partial charge < -0.3 is 10.1 Å². The van der Waals surface area contributed by atoms with Crippen molar-refractivity contribution in [2.45, 2.75) is 24.8 Å². The number of para-hydroxylation sites is 1. The number of sulfonamides is 1. The van der Waals surface area contributed by atoms with Crippen LogP contribution in [0.2, 0.25) is 0 Å². The Morgan fingerprint density at radius 3 is 2.44 bits per heavy atom. The third kappa shape index (κ3) is 4.93. The molecule has 0 unspecified atom stereocenters. The van der Waals surface area contributed by atoms with E-state index in [-0.39, 0.29) is 22.3 Å². The fourth-order valence-electron chi connectivity index (χ4n) is 2.16. The first kappa shape index (κ1) is 19.7. The quantitative estimate of drug-likeness (QED) is 0.630. The molecule has 134 valence electrons. The lowest BCUT2D eigenvalue weighted by atomic mass is 10.2. The molecule has 0 saturated heterocycles. The summed E-state index contributed by atoms with van der Waals surface area (Å²) in [4.78, 5) is 12.4. The predicted molar refractivity (Wildman–Crippen MR) is 106 cm³/mol. The van der Waals surface area contributed by atoms with E-state index in [1.165, 1.54) is 25.3 Å². The Morgan fingerprint density at radius 2 is 1.84 bits per heavy atom. The molecule has 2 rings (SSSR count). The molecule has 0 radical (unpaired) electrons. The van der Waals surface area contributed by atoms with Crippen molar-refractivity contribution in [3.8, 4) is 5.75 Å². The predicted octanol–water partition coefficient (Wildman–Crippen LogP) is 3.24. The van der Waals surface area contributed by atoms with E-state index in [0.29, 0.717) is 5.69 Å². The lowest BCUT2D eigenvalue weighted by Crippen LogP contribution is -2.30. The van der Waals surface area contributed by atoms with Crippen LogP contribution in [0.1, 0.15) is 24.2 Å². The summed E-state index contributed by atoms with van der Waals surface area (Å²) >= 11 is 2.12. The lowest BCUT2D eigenvalue weighted by Gasteiger charge is -2.14. The molecule has 0 atom stereocenters. The Bertz CT molecular complexity index is 882. The average molecular weight is 474 g/mol. The second kappa shape index (κ2) is 8.15. The first-order valence-corrected chi connectivity index (χ1v) is 10.1. The number of anilines is 1. The monoisotopic (exact) mass is 474 g/mol. The van der Waals surface area contributed by atoms with Crippen molar-refractivity contribution in [3.05, 3.63) is 51.6 Å². The van der Waals surface area contributed by atoms with Crippen LogP contribution in [0.25, 0.3) is 0 Å². The number of hydrogen-bond acceptors (Lipinski definition) is 4. The van der Waals surface area contributed by atoms with Crippen LogP contribution in [0, 0.1) is 3.57 Å². The van der Waals surface area contributed by atoms with E-state index in [0.717, 1.165) is 3.57 Å². The van der Waals surface area contributed by atoms with Crippen LogP contribution >= 0.6 is 22.6 Å². The second-order valence-corrected chi connectivity index (χ2v) is 8.42. The van der Waals surface area contributed by atoms with Crippen molar-refractivity contribution in [1.82, 2.24) is 4.72 Å². The summed E-state index contributed by atoms with van der Waals surface area (Å²) in [7, 11) is -2.41. The van der Waals surface area contributed by atoms with Crippen LogP contribution in [0.5, 0.6) is 5.75 Å². The van der Waals surface area contributed by atoms with E-state index < -0.39 is 15.9 Å². The third-order valence-corrected chi connectivity index (χ3v) is 5.85. The Hall–Kier alpha value is -1.65. The fraction of sp³-hybridized carbons (Fsp3) is 0.235. The highest BCUT2D eigenvalue weighted by atomic mass is 127. The van der Waals surface area contributed by atoms with Gasteiger partial charge in [0.15, 0.2) is 0 Å². The largest absolute Gasteiger partial charge is 0.495 e. The van der Waals surface area contributed by atoms with E-state index >= 15 is 0 Å². The van der Waals surface area contributed by atoms with Crippen molar-refractivity contribution in [3.63, 3.8) is 0 Å². The van der Waals surface area contributed by atoms with Crippen LogP contribution in [0.15, 0.2) is 47.4 Å². The van der Waals surface area contributed by atoms with Crippen LogP contribution in [0.3, 0.4) is 0 Å². The maximum absolute atomic E-state index is 12.5. The zero-order chi connectivity index (χ0) is 18.6. The first-order valence-electron chi connectivity index (χ1n) is 7.51. The number of halogens is 1. The minimum absolute atomic E-state index is 0.0703. The summed E-state index contributed by atoms with van der Waals surface area (Å²) < 4.78 is 33.5. The van der Waals surface area contributed by atoms with Crippen molar-refractivity contribution >= 4 is 44.2 Å². The molecule has 0 saturated carbocycles. The molecule has 0 aliphatic carbocycles. The van der Waals surface area contributed by atoms with Crippen LogP contribution < -0.4 is 14.8 Å². The molecule has 2 aromatic carbocycles. The first-order chi connectivity index (χ1) is 11.7. The fourth-order valence-corrected chi connectivity index (χ4v) is 4.13. The summed E-state index contributed by atoms with van der Waals surface area (Å²) in [5, 5.41) is 2.78. The molecular weight excluding hydrogens is 455 g/mol. The zero-order valence-electron chi connectivity index (χ0n) is 14.0.